The fraction of sp³-hybridized carbons (Fsp3) is 0.133. The zero-order chi connectivity index (χ0) is 17.0. The Morgan fingerprint density at radius 3 is 2.48 bits per heavy atom. The molecule has 0 saturated heterocycles. The Morgan fingerprint density at radius 1 is 1.13 bits per heavy atom. The second kappa shape index (κ2) is 7.21. The van der Waals surface area contributed by atoms with Crippen LogP contribution in [0.1, 0.15) is 15.9 Å². The van der Waals surface area contributed by atoms with Crippen molar-refractivity contribution < 1.29 is 17.9 Å². The molecule has 0 saturated carbocycles. The van der Waals surface area contributed by atoms with E-state index in [-0.39, 0.29) is 22.0 Å². The van der Waals surface area contributed by atoms with Crippen LogP contribution in [0, 0.1) is 0 Å². The Hall–Kier alpha value is -1.76. The molecule has 0 fully saturated rings. The van der Waals surface area contributed by atoms with E-state index in [4.69, 9.17) is 23.2 Å². The summed E-state index contributed by atoms with van der Waals surface area (Å²) in [5.41, 5.74) is 0.759. The summed E-state index contributed by atoms with van der Waals surface area (Å²) < 4.78 is 31.6. The number of methoxy groups -OCH3 is 1. The van der Waals surface area contributed by atoms with Gasteiger partial charge >= 0.3 is 5.97 Å². The first-order valence-electron chi connectivity index (χ1n) is 6.44. The van der Waals surface area contributed by atoms with Crippen molar-refractivity contribution in [1.82, 2.24) is 0 Å². The summed E-state index contributed by atoms with van der Waals surface area (Å²) >= 11 is 11.7. The van der Waals surface area contributed by atoms with Crippen molar-refractivity contribution in [2.24, 2.45) is 0 Å². The van der Waals surface area contributed by atoms with Gasteiger partial charge in [-0.15, -0.1) is 0 Å². The smallest absolute Gasteiger partial charge is 0.339 e. The molecule has 23 heavy (non-hydrogen) atoms. The standard InChI is InChI=1S/C15H13Cl2NO4S/c1-22-15(19)11-4-2-3-5-14(11)18-23(20,21)9-10-6-7-12(16)13(17)8-10/h2-8,18H,9H2,1H3. The van der Waals surface area contributed by atoms with Crippen molar-refractivity contribution in [2.45, 2.75) is 5.75 Å². The zero-order valence-corrected chi connectivity index (χ0v) is 14.4. The number of hydrogen-bond donors (Lipinski definition) is 1. The number of anilines is 1. The van der Waals surface area contributed by atoms with Gasteiger partial charge in [0, 0.05) is 0 Å². The highest BCUT2D eigenvalue weighted by Crippen LogP contribution is 2.24. The lowest BCUT2D eigenvalue weighted by Gasteiger charge is -2.11. The molecule has 0 radical (unpaired) electrons. The van der Waals surface area contributed by atoms with Crippen molar-refractivity contribution in [2.75, 3.05) is 11.8 Å². The van der Waals surface area contributed by atoms with Crippen LogP contribution in [0.3, 0.4) is 0 Å². The van der Waals surface area contributed by atoms with Crippen molar-refractivity contribution in [3.05, 3.63) is 63.6 Å². The molecule has 0 amide bonds. The van der Waals surface area contributed by atoms with Crippen LogP contribution in [-0.2, 0) is 20.5 Å². The van der Waals surface area contributed by atoms with Gasteiger partial charge in [0.2, 0.25) is 10.0 Å². The van der Waals surface area contributed by atoms with Crippen LogP contribution in [0.25, 0.3) is 0 Å². The maximum atomic E-state index is 12.3. The molecule has 0 spiro atoms. The van der Waals surface area contributed by atoms with Gasteiger partial charge in [0.1, 0.15) is 0 Å². The van der Waals surface area contributed by atoms with Gasteiger partial charge in [-0.1, -0.05) is 41.4 Å². The van der Waals surface area contributed by atoms with E-state index in [9.17, 15) is 13.2 Å². The van der Waals surface area contributed by atoms with Crippen molar-refractivity contribution in [3.8, 4) is 0 Å². The molecular weight excluding hydrogens is 361 g/mol. The molecule has 1 N–H and O–H groups in total. The van der Waals surface area contributed by atoms with Crippen molar-refractivity contribution in [1.29, 1.82) is 0 Å². The topological polar surface area (TPSA) is 72.5 Å². The molecule has 2 aromatic rings. The molecule has 0 heterocycles. The number of sulfonamides is 1. The van der Waals surface area contributed by atoms with Gasteiger partial charge in [0.15, 0.2) is 0 Å². The summed E-state index contributed by atoms with van der Waals surface area (Å²) in [7, 11) is -2.52. The second-order valence-electron chi connectivity index (χ2n) is 4.65. The molecule has 0 aromatic heterocycles. The number of benzene rings is 2. The maximum Gasteiger partial charge on any atom is 0.339 e. The number of nitrogens with one attached hydrogen (secondary N) is 1. The van der Waals surface area contributed by atoms with E-state index in [0.29, 0.717) is 10.6 Å². The van der Waals surface area contributed by atoms with Gasteiger partial charge < -0.3 is 4.74 Å². The average Bonchev–Trinajstić information content (AvgIpc) is 2.50. The molecule has 5 nitrogen and oxygen atoms in total. The van der Waals surface area contributed by atoms with Crippen LogP contribution < -0.4 is 4.72 Å². The van der Waals surface area contributed by atoms with E-state index in [2.05, 4.69) is 9.46 Å². The molecule has 8 heteroatoms. The minimum atomic E-state index is -3.74. The van der Waals surface area contributed by atoms with Gasteiger partial charge in [-0.3, -0.25) is 4.72 Å². The highest BCUT2D eigenvalue weighted by molar-refractivity contribution is 7.91. The Bertz CT molecular complexity index is 837. The van der Waals surface area contributed by atoms with Gasteiger partial charge in [0.25, 0.3) is 0 Å². The number of ether oxygens (including phenoxy) is 1. The van der Waals surface area contributed by atoms with Gasteiger partial charge in [-0.05, 0) is 29.8 Å². The first kappa shape index (κ1) is 17.6. The normalized spacial score (nSPS) is 11.1. The number of carbonyl (C=O) groups excluding carboxylic acids is 1. The number of esters is 1. The predicted octanol–water partition coefficient (Wildman–Crippen LogP) is 3.72. The molecule has 2 rings (SSSR count). The first-order valence-corrected chi connectivity index (χ1v) is 8.85. The van der Waals surface area contributed by atoms with E-state index >= 15 is 0 Å². The summed E-state index contributed by atoms with van der Waals surface area (Å²) in [6.07, 6.45) is 0. The quantitative estimate of drug-likeness (QED) is 0.810. The molecule has 0 aliphatic carbocycles. The molecule has 0 unspecified atom stereocenters. The number of rotatable bonds is 5. The van der Waals surface area contributed by atoms with E-state index in [1.54, 1.807) is 18.2 Å². The first-order chi connectivity index (χ1) is 10.8. The highest BCUT2D eigenvalue weighted by Gasteiger charge is 2.17. The van der Waals surface area contributed by atoms with E-state index in [1.165, 1.54) is 31.4 Å². The molecule has 0 aliphatic rings. The Morgan fingerprint density at radius 2 is 1.83 bits per heavy atom. The lowest BCUT2D eigenvalue weighted by Crippen LogP contribution is -2.17. The fourth-order valence-electron chi connectivity index (χ4n) is 1.91. The second-order valence-corrected chi connectivity index (χ2v) is 7.18. The fourth-order valence-corrected chi connectivity index (χ4v) is 3.44. The summed E-state index contributed by atoms with van der Waals surface area (Å²) in [5, 5.41) is 0.617. The van der Waals surface area contributed by atoms with Crippen LogP contribution >= 0.6 is 23.2 Å². The lowest BCUT2D eigenvalue weighted by molar-refractivity contribution is 0.0602. The average molecular weight is 374 g/mol. The summed E-state index contributed by atoms with van der Waals surface area (Å²) in [6.45, 7) is 0. The lowest BCUT2D eigenvalue weighted by atomic mass is 10.2. The molecule has 2 aromatic carbocycles. The van der Waals surface area contributed by atoms with Crippen LogP contribution in [0.4, 0.5) is 5.69 Å². The van der Waals surface area contributed by atoms with E-state index < -0.39 is 16.0 Å². The minimum absolute atomic E-state index is 0.132. The molecule has 122 valence electrons. The third-order valence-electron chi connectivity index (χ3n) is 2.94. The van der Waals surface area contributed by atoms with Gasteiger partial charge in [0.05, 0.1) is 34.2 Å². The summed E-state index contributed by atoms with van der Waals surface area (Å²) in [5.74, 6) is -0.933. The van der Waals surface area contributed by atoms with Crippen molar-refractivity contribution >= 4 is 44.9 Å². The number of halogens is 2. The monoisotopic (exact) mass is 373 g/mol. The third kappa shape index (κ3) is 4.60. The molecule has 0 atom stereocenters. The van der Waals surface area contributed by atoms with Crippen LogP contribution in [0.2, 0.25) is 10.0 Å². The predicted molar refractivity (Wildman–Crippen MR) is 90.5 cm³/mol. The zero-order valence-electron chi connectivity index (χ0n) is 12.0. The van der Waals surface area contributed by atoms with Crippen LogP contribution in [0.5, 0.6) is 0 Å². The van der Waals surface area contributed by atoms with Crippen LogP contribution in [-0.4, -0.2) is 21.5 Å². The molecule has 0 aliphatic heterocycles. The third-order valence-corrected chi connectivity index (χ3v) is 4.92. The summed E-state index contributed by atoms with van der Waals surface area (Å²) in [6, 6.07) is 10.8. The SMILES string of the molecule is COC(=O)c1ccccc1NS(=O)(=O)Cc1ccc(Cl)c(Cl)c1. The maximum absolute atomic E-state index is 12.3. The van der Waals surface area contributed by atoms with Crippen molar-refractivity contribution in [3.63, 3.8) is 0 Å². The number of hydrogen-bond acceptors (Lipinski definition) is 4. The highest BCUT2D eigenvalue weighted by atomic mass is 35.5. The summed E-state index contributed by atoms with van der Waals surface area (Å²) in [4.78, 5) is 11.7. The molecule has 0 bridgehead atoms. The number of carbonyl (C=O) groups is 1. The molecular formula is C15H13Cl2NO4S. The Kier molecular flexibility index (Phi) is 5.51. The van der Waals surface area contributed by atoms with Gasteiger partial charge in [-0.2, -0.15) is 0 Å². The minimum Gasteiger partial charge on any atom is -0.465 e. The Balaban J connectivity index is 2.25. The largest absolute Gasteiger partial charge is 0.465 e. The van der Waals surface area contributed by atoms with E-state index in [0.717, 1.165) is 0 Å². The van der Waals surface area contributed by atoms with Crippen LogP contribution in [0.15, 0.2) is 42.5 Å². The van der Waals surface area contributed by atoms with Gasteiger partial charge in [-0.25, -0.2) is 13.2 Å². The van der Waals surface area contributed by atoms with E-state index in [1.807, 2.05) is 0 Å². The Labute approximate surface area is 144 Å². The number of para-hydroxylation sites is 1.